The predicted molar refractivity (Wildman–Crippen MR) is 151 cm³/mol. The summed E-state index contributed by atoms with van der Waals surface area (Å²) < 4.78 is 22.2. The first-order valence-corrected chi connectivity index (χ1v) is 14.0. The molecule has 0 amide bonds. The highest BCUT2D eigenvalue weighted by molar-refractivity contribution is 6.03. The lowest BCUT2D eigenvalue weighted by Gasteiger charge is -2.39. The van der Waals surface area contributed by atoms with Gasteiger partial charge in [0.1, 0.15) is 30.8 Å². The number of ether oxygens (including phenoxy) is 4. The number of ketones is 2. The lowest BCUT2D eigenvalue weighted by molar-refractivity contribution is -0.00443. The fourth-order valence-electron chi connectivity index (χ4n) is 5.08. The minimum Gasteiger partial charge on any atom is -0.491 e. The molecule has 0 saturated carbocycles. The van der Waals surface area contributed by atoms with E-state index in [1.807, 2.05) is 27.7 Å². The molecule has 0 atom stereocenters. The zero-order chi connectivity index (χ0) is 28.8. The molecule has 40 heavy (non-hydrogen) atoms. The highest BCUT2D eigenvalue weighted by Crippen LogP contribution is 2.25. The second kappa shape index (κ2) is 13.2. The third-order valence-electron chi connectivity index (χ3n) is 7.83. The standard InChI is InChI=1S/C31H42N2O7/c1-30(2,32-13-17-37-18-14-32)28(35)23-5-9-26(10-6-23)39-21-25(34)22-40-27-11-7-24(8-12-27)29(36)31(3,4)33-15-19-38-20-16-33/h5-12,25,34H,13-22H2,1-4H3. The van der Waals surface area contributed by atoms with Gasteiger partial charge in [-0.15, -0.1) is 0 Å². The number of benzene rings is 2. The Labute approximate surface area is 237 Å². The summed E-state index contributed by atoms with van der Waals surface area (Å²) in [5.41, 5.74) is -0.0141. The Morgan fingerprint density at radius 2 is 1.02 bits per heavy atom. The van der Waals surface area contributed by atoms with Gasteiger partial charge in [0.15, 0.2) is 11.6 Å². The van der Waals surface area contributed by atoms with Gasteiger partial charge in [-0.05, 0) is 76.2 Å². The van der Waals surface area contributed by atoms with Gasteiger partial charge < -0.3 is 24.1 Å². The summed E-state index contributed by atoms with van der Waals surface area (Å²) in [5, 5.41) is 10.4. The molecule has 2 aromatic rings. The molecule has 0 aliphatic carbocycles. The average Bonchev–Trinajstić information content (AvgIpc) is 2.99. The molecule has 0 spiro atoms. The van der Waals surface area contributed by atoms with Crippen LogP contribution in [0.5, 0.6) is 11.5 Å². The first-order chi connectivity index (χ1) is 19.1. The van der Waals surface area contributed by atoms with Gasteiger partial charge in [0.2, 0.25) is 0 Å². The van der Waals surface area contributed by atoms with Crippen molar-refractivity contribution in [2.24, 2.45) is 0 Å². The second-order valence-electron chi connectivity index (χ2n) is 11.3. The number of hydrogen-bond donors (Lipinski definition) is 1. The monoisotopic (exact) mass is 554 g/mol. The topological polar surface area (TPSA) is 97.8 Å². The number of hydrogen-bond acceptors (Lipinski definition) is 9. The van der Waals surface area contributed by atoms with Crippen molar-refractivity contribution in [1.29, 1.82) is 0 Å². The van der Waals surface area contributed by atoms with Crippen LogP contribution in [-0.4, -0.2) is 109 Å². The van der Waals surface area contributed by atoms with E-state index in [0.717, 1.165) is 26.2 Å². The highest BCUT2D eigenvalue weighted by atomic mass is 16.5. The summed E-state index contributed by atoms with van der Waals surface area (Å²) in [7, 11) is 0. The van der Waals surface area contributed by atoms with E-state index in [0.29, 0.717) is 49.1 Å². The van der Waals surface area contributed by atoms with Gasteiger partial charge in [0.25, 0.3) is 0 Å². The van der Waals surface area contributed by atoms with Crippen LogP contribution >= 0.6 is 0 Å². The summed E-state index contributed by atoms with van der Waals surface area (Å²) in [4.78, 5) is 30.6. The number of nitrogens with zero attached hydrogens (tertiary/aromatic N) is 2. The molecule has 2 fully saturated rings. The molecule has 1 N–H and O–H groups in total. The van der Waals surface area contributed by atoms with Crippen molar-refractivity contribution in [3.8, 4) is 11.5 Å². The number of aliphatic hydroxyl groups excluding tert-OH is 1. The predicted octanol–water partition coefficient (Wildman–Crippen LogP) is 3.09. The number of morpholine rings is 2. The first kappa shape index (κ1) is 30.1. The van der Waals surface area contributed by atoms with Crippen LogP contribution in [0, 0.1) is 0 Å². The van der Waals surface area contributed by atoms with Gasteiger partial charge in [-0.3, -0.25) is 19.4 Å². The summed E-state index contributed by atoms with van der Waals surface area (Å²) in [6.07, 6.45) is -0.858. The van der Waals surface area contributed by atoms with Crippen molar-refractivity contribution in [3.63, 3.8) is 0 Å². The largest absolute Gasteiger partial charge is 0.491 e. The van der Waals surface area contributed by atoms with Crippen molar-refractivity contribution in [2.45, 2.75) is 44.9 Å². The van der Waals surface area contributed by atoms with Crippen LogP contribution in [-0.2, 0) is 9.47 Å². The van der Waals surface area contributed by atoms with Crippen molar-refractivity contribution in [1.82, 2.24) is 9.80 Å². The Morgan fingerprint density at radius 1 is 0.700 bits per heavy atom. The van der Waals surface area contributed by atoms with Crippen LogP contribution in [0.3, 0.4) is 0 Å². The smallest absolute Gasteiger partial charge is 0.182 e. The SMILES string of the molecule is CC(C)(C(=O)c1ccc(OCC(O)COc2ccc(C(=O)C(C)(C)N3CCOCC3)cc2)cc1)N1CCOCC1. The van der Waals surface area contributed by atoms with Gasteiger partial charge in [0, 0.05) is 37.3 Å². The van der Waals surface area contributed by atoms with Gasteiger partial charge in [-0.2, -0.15) is 0 Å². The minimum atomic E-state index is -0.858. The van der Waals surface area contributed by atoms with Crippen molar-refractivity contribution in [3.05, 3.63) is 59.7 Å². The maximum atomic E-state index is 13.1. The summed E-state index contributed by atoms with van der Waals surface area (Å²) in [5.74, 6) is 1.22. The van der Waals surface area contributed by atoms with Gasteiger partial charge in [0.05, 0.1) is 37.5 Å². The Morgan fingerprint density at radius 3 is 1.35 bits per heavy atom. The number of carbonyl (C=O) groups is 2. The van der Waals surface area contributed by atoms with Crippen LogP contribution in [0.2, 0.25) is 0 Å². The van der Waals surface area contributed by atoms with E-state index in [1.54, 1.807) is 48.5 Å². The lowest BCUT2D eigenvalue weighted by Crippen LogP contribution is -2.54. The van der Waals surface area contributed by atoms with Gasteiger partial charge in [-0.1, -0.05) is 0 Å². The van der Waals surface area contributed by atoms with Crippen LogP contribution in [0.1, 0.15) is 48.4 Å². The molecule has 2 aliphatic rings. The molecule has 0 aromatic heterocycles. The Kier molecular flexibility index (Phi) is 9.97. The van der Waals surface area contributed by atoms with E-state index >= 15 is 0 Å². The number of aliphatic hydroxyl groups is 1. The summed E-state index contributed by atoms with van der Waals surface area (Å²) in [6.45, 7) is 13.3. The first-order valence-electron chi connectivity index (χ1n) is 14.0. The molecule has 2 saturated heterocycles. The zero-order valence-corrected chi connectivity index (χ0v) is 24.1. The van der Waals surface area contributed by atoms with Crippen LogP contribution in [0.25, 0.3) is 0 Å². The molecule has 218 valence electrons. The van der Waals surface area contributed by atoms with Crippen LogP contribution < -0.4 is 9.47 Å². The van der Waals surface area contributed by atoms with E-state index in [-0.39, 0.29) is 24.8 Å². The summed E-state index contributed by atoms with van der Waals surface area (Å²) in [6, 6.07) is 14.0. The van der Waals surface area contributed by atoms with Crippen LogP contribution in [0.4, 0.5) is 0 Å². The molecule has 2 aliphatic heterocycles. The molecule has 9 nitrogen and oxygen atoms in total. The maximum absolute atomic E-state index is 13.1. The van der Waals surface area contributed by atoms with Crippen molar-refractivity contribution in [2.75, 3.05) is 65.8 Å². The van der Waals surface area contributed by atoms with E-state index in [4.69, 9.17) is 18.9 Å². The van der Waals surface area contributed by atoms with E-state index in [9.17, 15) is 14.7 Å². The third kappa shape index (κ3) is 7.27. The zero-order valence-electron chi connectivity index (χ0n) is 24.1. The second-order valence-corrected chi connectivity index (χ2v) is 11.3. The molecule has 0 radical (unpaired) electrons. The van der Waals surface area contributed by atoms with Gasteiger partial charge in [-0.25, -0.2) is 0 Å². The van der Waals surface area contributed by atoms with E-state index in [2.05, 4.69) is 9.80 Å². The van der Waals surface area contributed by atoms with Crippen molar-refractivity contribution < 1.29 is 33.6 Å². The molecule has 2 heterocycles. The minimum absolute atomic E-state index is 0.0386. The fraction of sp³-hybridized carbons (Fsp3) is 0.548. The Balaban J connectivity index is 1.23. The molecule has 0 unspecified atom stereocenters. The number of Topliss-reactive ketones (excluding diaryl/α,β-unsaturated/α-hetero) is 2. The average molecular weight is 555 g/mol. The molecule has 9 heteroatoms. The normalized spacial score (nSPS) is 17.6. The number of rotatable bonds is 12. The van der Waals surface area contributed by atoms with E-state index in [1.165, 1.54) is 0 Å². The summed E-state index contributed by atoms with van der Waals surface area (Å²) >= 11 is 0. The molecular formula is C31H42N2O7. The third-order valence-corrected chi connectivity index (χ3v) is 7.83. The van der Waals surface area contributed by atoms with Crippen LogP contribution in [0.15, 0.2) is 48.5 Å². The Bertz CT molecular complexity index is 1030. The molecule has 4 rings (SSSR count). The maximum Gasteiger partial charge on any atom is 0.182 e. The number of carbonyl (C=O) groups excluding carboxylic acids is 2. The molecule has 2 aromatic carbocycles. The molecular weight excluding hydrogens is 512 g/mol. The Hall–Kier alpha value is -2.82. The highest BCUT2D eigenvalue weighted by Gasteiger charge is 2.37. The van der Waals surface area contributed by atoms with E-state index < -0.39 is 17.2 Å². The van der Waals surface area contributed by atoms with Gasteiger partial charge >= 0.3 is 0 Å². The lowest BCUT2D eigenvalue weighted by atomic mass is 9.91. The quantitative estimate of drug-likeness (QED) is 0.397. The van der Waals surface area contributed by atoms with Crippen molar-refractivity contribution >= 4 is 11.6 Å². The molecule has 0 bridgehead atoms. The fourth-order valence-corrected chi connectivity index (χ4v) is 5.08.